The monoisotopic (exact) mass is 217 g/mol. The predicted molar refractivity (Wildman–Crippen MR) is 67.1 cm³/mol. The van der Waals surface area contributed by atoms with Crippen molar-refractivity contribution in [1.82, 2.24) is 4.98 Å². The molecular weight excluding hydrogens is 198 g/mol. The van der Waals surface area contributed by atoms with Crippen LogP contribution in [0.25, 0.3) is 0 Å². The fourth-order valence-electron chi connectivity index (χ4n) is 3.30. The van der Waals surface area contributed by atoms with Crippen LogP contribution < -0.4 is 9.80 Å². The van der Waals surface area contributed by atoms with Crippen molar-refractivity contribution in [1.29, 1.82) is 0 Å². The summed E-state index contributed by atoms with van der Waals surface area (Å²) in [5.41, 5.74) is 2.62. The van der Waals surface area contributed by atoms with E-state index in [1.807, 2.05) is 12.4 Å². The number of aromatic nitrogens is 1. The van der Waals surface area contributed by atoms with Crippen molar-refractivity contribution in [3.8, 4) is 0 Å². The molecule has 1 aliphatic heterocycles. The van der Waals surface area contributed by atoms with Gasteiger partial charge in [-0.25, -0.2) is 0 Å². The van der Waals surface area contributed by atoms with E-state index < -0.39 is 0 Å². The van der Waals surface area contributed by atoms with Crippen molar-refractivity contribution >= 4 is 11.4 Å². The Bertz CT molecular complexity index is 354. The number of nitrogens with zero attached hydrogens (tertiary/aromatic N) is 3. The first-order chi connectivity index (χ1) is 7.79. The van der Waals surface area contributed by atoms with Gasteiger partial charge in [-0.2, -0.15) is 0 Å². The third-order valence-electron chi connectivity index (χ3n) is 4.23. The first kappa shape index (κ1) is 9.94. The number of hydrogen-bond donors (Lipinski definition) is 0. The molecule has 2 heterocycles. The van der Waals surface area contributed by atoms with Crippen LogP contribution in [0.4, 0.5) is 11.4 Å². The number of rotatable bonds is 0. The highest BCUT2D eigenvalue weighted by atomic mass is 15.3. The number of likely N-dealkylation sites (N-methyl/N-ethyl adjacent to an activating group) is 2. The molecule has 1 aromatic heterocycles. The van der Waals surface area contributed by atoms with Crippen molar-refractivity contribution in [2.45, 2.75) is 37.8 Å². The fraction of sp³-hybridized carbons (Fsp3) is 0.615. The summed E-state index contributed by atoms with van der Waals surface area (Å²) < 4.78 is 0. The summed E-state index contributed by atoms with van der Waals surface area (Å²) in [4.78, 5) is 9.15. The van der Waals surface area contributed by atoms with Crippen LogP contribution in [0.15, 0.2) is 18.5 Å². The van der Waals surface area contributed by atoms with Gasteiger partial charge in [0.15, 0.2) is 0 Å². The minimum atomic E-state index is 0.676. The van der Waals surface area contributed by atoms with E-state index in [0.29, 0.717) is 12.1 Å². The Morgan fingerprint density at radius 3 is 2.38 bits per heavy atom. The number of hydrogen-bond acceptors (Lipinski definition) is 3. The van der Waals surface area contributed by atoms with Crippen LogP contribution >= 0.6 is 0 Å². The average Bonchev–Trinajstić information content (AvgIpc) is 2.36. The summed E-state index contributed by atoms with van der Waals surface area (Å²) in [5, 5.41) is 0. The van der Waals surface area contributed by atoms with Crippen LogP contribution in [0.3, 0.4) is 0 Å². The molecule has 1 aromatic rings. The molecule has 0 spiro atoms. The molecule has 0 aromatic carbocycles. The maximum atomic E-state index is 4.25. The van der Waals surface area contributed by atoms with Gasteiger partial charge in [-0.05, 0) is 18.9 Å². The lowest BCUT2D eigenvalue weighted by atomic mass is 9.86. The van der Waals surface area contributed by atoms with Gasteiger partial charge >= 0.3 is 0 Å². The van der Waals surface area contributed by atoms with Crippen molar-refractivity contribution < 1.29 is 0 Å². The first-order valence-corrected chi connectivity index (χ1v) is 6.18. The topological polar surface area (TPSA) is 19.4 Å². The maximum absolute atomic E-state index is 4.25. The summed E-state index contributed by atoms with van der Waals surface area (Å²) in [6.45, 7) is 0. The van der Waals surface area contributed by atoms with Crippen LogP contribution in [0, 0.1) is 0 Å². The van der Waals surface area contributed by atoms with Gasteiger partial charge in [-0.3, -0.25) is 4.98 Å². The van der Waals surface area contributed by atoms with Gasteiger partial charge in [0.25, 0.3) is 0 Å². The molecule has 16 heavy (non-hydrogen) atoms. The zero-order valence-electron chi connectivity index (χ0n) is 10.1. The Balaban J connectivity index is 2.05. The number of pyridine rings is 1. The highest BCUT2D eigenvalue weighted by molar-refractivity contribution is 5.73. The molecule has 2 atom stereocenters. The summed E-state index contributed by atoms with van der Waals surface area (Å²) in [5.74, 6) is 0. The van der Waals surface area contributed by atoms with E-state index in [4.69, 9.17) is 0 Å². The van der Waals surface area contributed by atoms with E-state index in [9.17, 15) is 0 Å². The summed E-state index contributed by atoms with van der Waals surface area (Å²) in [6.07, 6.45) is 9.28. The van der Waals surface area contributed by atoms with E-state index in [2.05, 4.69) is 34.9 Å². The average molecular weight is 217 g/mol. The molecule has 1 fully saturated rings. The van der Waals surface area contributed by atoms with E-state index in [1.165, 1.54) is 37.1 Å². The number of anilines is 2. The molecule has 0 N–H and O–H groups in total. The molecule has 86 valence electrons. The van der Waals surface area contributed by atoms with Gasteiger partial charge in [0.2, 0.25) is 0 Å². The normalized spacial score (nSPS) is 28.6. The SMILES string of the molecule is CN1c2ccncc2N(C)C2CCCCC21. The molecule has 0 amide bonds. The minimum absolute atomic E-state index is 0.676. The lowest BCUT2D eigenvalue weighted by Crippen LogP contribution is -2.55. The molecule has 2 aliphatic rings. The molecule has 1 aliphatic carbocycles. The minimum Gasteiger partial charge on any atom is -0.368 e. The fourth-order valence-corrected chi connectivity index (χ4v) is 3.30. The van der Waals surface area contributed by atoms with Crippen molar-refractivity contribution in [2.24, 2.45) is 0 Å². The highest BCUT2D eigenvalue weighted by Crippen LogP contribution is 2.40. The second-order valence-corrected chi connectivity index (χ2v) is 5.01. The van der Waals surface area contributed by atoms with Crippen LogP contribution in [0.2, 0.25) is 0 Å². The van der Waals surface area contributed by atoms with Crippen LogP contribution in [0.5, 0.6) is 0 Å². The van der Waals surface area contributed by atoms with Crippen molar-refractivity contribution in [3.05, 3.63) is 18.5 Å². The third kappa shape index (κ3) is 1.30. The van der Waals surface area contributed by atoms with E-state index in [-0.39, 0.29) is 0 Å². The Morgan fingerprint density at radius 2 is 1.69 bits per heavy atom. The highest BCUT2D eigenvalue weighted by Gasteiger charge is 2.37. The van der Waals surface area contributed by atoms with Crippen LogP contribution in [0.1, 0.15) is 25.7 Å². The Kier molecular flexibility index (Phi) is 2.27. The zero-order valence-corrected chi connectivity index (χ0v) is 10.1. The molecule has 0 radical (unpaired) electrons. The Hall–Kier alpha value is -1.25. The quantitative estimate of drug-likeness (QED) is 0.664. The van der Waals surface area contributed by atoms with Crippen molar-refractivity contribution in [3.63, 3.8) is 0 Å². The third-order valence-corrected chi connectivity index (χ3v) is 4.23. The molecule has 1 saturated carbocycles. The van der Waals surface area contributed by atoms with Gasteiger partial charge in [0.05, 0.1) is 17.6 Å². The van der Waals surface area contributed by atoms with Gasteiger partial charge in [-0.15, -0.1) is 0 Å². The number of fused-ring (bicyclic) bond motifs is 2. The Morgan fingerprint density at radius 1 is 1.06 bits per heavy atom. The van der Waals surface area contributed by atoms with Gasteiger partial charge in [-0.1, -0.05) is 12.8 Å². The smallest absolute Gasteiger partial charge is 0.0791 e. The van der Waals surface area contributed by atoms with Crippen LogP contribution in [-0.4, -0.2) is 31.2 Å². The summed E-state index contributed by atoms with van der Waals surface area (Å²) in [6, 6.07) is 3.50. The Labute approximate surface area is 97.1 Å². The lowest BCUT2D eigenvalue weighted by molar-refractivity contribution is 0.354. The molecule has 0 bridgehead atoms. The van der Waals surface area contributed by atoms with Gasteiger partial charge in [0.1, 0.15) is 0 Å². The van der Waals surface area contributed by atoms with E-state index >= 15 is 0 Å². The van der Waals surface area contributed by atoms with E-state index in [1.54, 1.807) is 0 Å². The maximum Gasteiger partial charge on any atom is 0.0791 e. The van der Waals surface area contributed by atoms with Crippen molar-refractivity contribution in [2.75, 3.05) is 23.9 Å². The first-order valence-electron chi connectivity index (χ1n) is 6.18. The summed E-state index contributed by atoms with van der Waals surface area (Å²) >= 11 is 0. The van der Waals surface area contributed by atoms with Crippen LogP contribution in [-0.2, 0) is 0 Å². The second kappa shape index (κ2) is 3.65. The van der Waals surface area contributed by atoms with Gasteiger partial charge < -0.3 is 9.80 Å². The summed E-state index contributed by atoms with van der Waals surface area (Å²) in [7, 11) is 4.45. The molecule has 3 rings (SSSR count). The largest absolute Gasteiger partial charge is 0.368 e. The molecule has 3 nitrogen and oxygen atoms in total. The van der Waals surface area contributed by atoms with E-state index in [0.717, 1.165) is 0 Å². The lowest BCUT2D eigenvalue weighted by Gasteiger charge is -2.49. The standard InChI is InChI=1S/C13H19N3/c1-15-10-5-3-4-6-11(10)16(2)13-9-14-8-7-12(13)15/h7-11H,3-6H2,1-2H3. The molecule has 3 heteroatoms. The van der Waals surface area contributed by atoms with Gasteiger partial charge in [0, 0.05) is 32.4 Å². The zero-order chi connectivity index (χ0) is 11.1. The second-order valence-electron chi connectivity index (χ2n) is 5.01. The predicted octanol–water partition coefficient (Wildman–Crippen LogP) is 2.28. The molecular formula is C13H19N3. The molecule has 0 saturated heterocycles. The molecule has 2 unspecified atom stereocenters.